The maximum Gasteiger partial charge on any atom is 0.116 e. The van der Waals surface area contributed by atoms with Gasteiger partial charge in [-0.05, 0) is 18.6 Å². The summed E-state index contributed by atoms with van der Waals surface area (Å²) in [7, 11) is 2.10. The van der Waals surface area contributed by atoms with E-state index in [1.54, 1.807) is 0 Å². The van der Waals surface area contributed by atoms with Crippen molar-refractivity contribution in [2.24, 2.45) is 0 Å². The van der Waals surface area contributed by atoms with Crippen LogP contribution in [-0.2, 0) is 0 Å². The number of nitrogens with zero attached hydrogens (tertiary/aromatic N) is 3. The van der Waals surface area contributed by atoms with Gasteiger partial charge in [0, 0.05) is 20.1 Å². The third-order valence-electron chi connectivity index (χ3n) is 3.19. The zero-order valence-corrected chi connectivity index (χ0v) is 9.85. The Balaban J connectivity index is 2.38. The lowest BCUT2D eigenvalue weighted by Gasteiger charge is -2.39. The van der Waals surface area contributed by atoms with Gasteiger partial charge in [0.1, 0.15) is 6.04 Å². The van der Waals surface area contributed by atoms with Crippen molar-refractivity contribution in [3.63, 3.8) is 0 Å². The molecule has 1 unspecified atom stereocenters. The standard InChI is InChI=1S/C13H17N3/c1-3-11(10-14)16-9-8-15(2)12-6-4-5-7-13(12)16/h4-7,11H,3,8-9H2,1-2H3. The van der Waals surface area contributed by atoms with Crippen molar-refractivity contribution in [1.29, 1.82) is 5.26 Å². The zero-order valence-electron chi connectivity index (χ0n) is 9.85. The molecule has 1 heterocycles. The van der Waals surface area contributed by atoms with Gasteiger partial charge in [0.05, 0.1) is 17.4 Å². The minimum atomic E-state index is -0.00477. The van der Waals surface area contributed by atoms with E-state index >= 15 is 0 Å². The van der Waals surface area contributed by atoms with Crippen molar-refractivity contribution in [2.45, 2.75) is 19.4 Å². The van der Waals surface area contributed by atoms with Crippen molar-refractivity contribution < 1.29 is 0 Å². The summed E-state index contributed by atoms with van der Waals surface area (Å²) in [5.74, 6) is 0. The van der Waals surface area contributed by atoms with Crippen LogP contribution in [0.5, 0.6) is 0 Å². The van der Waals surface area contributed by atoms with E-state index in [2.05, 4.69) is 42.0 Å². The summed E-state index contributed by atoms with van der Waals surface area (Å²) in [4.78, 5) is 4.46. The molecule has 0 saturated heterocycles. The van der Waals surface area contributed by atoms with E-state index in [0.29, 0.717) is 0 Å². The SMILES string of the molecule is CCC(C#N)N1CCN(C)c2ccccc21. The molecule has 1 aliphatic heterocycles. The predicted octanol–water partition coefficient (Wildman–Crippen LogP) is 2.24. The van der Waals surface area contributed by atoms with E-state index < -0.39 is 0 Å². The van der Waals surface area contributed by atoms with Gasteiger partial charge in [-0.3, -0.25) is 0 Å². The molecule has 0 amide bonds. The molecule has 0 bridgehead atoms. The summed E-state index contributed by atoms with van der Waals surface area (Å²) < 4.78 is 0. The number of para-hydroxylation sites is 2. The van der Waals surface area contributed by atoms with Gasteiger partial charge in [-0.25, -0.2) is 0 Å². The van der Waals surface area contributed by atoms with E-state index in [0.717, 1.165) is 19.5 Å². The summed E-state index contributed by atoms with van der Waals surface area (Å²) >= 11 is 0. The summed E-state index contributed by atoms with van der Waals surface area (Å²) in [5.41, 5.74) is 2.41. The molecule has 0 N–H and O–H groups in total. The normalized spacial score (nSPS) is 16.6. The van der Waals surface area contributed by atoms with E-state index in [4.69, 9.17) is 5.26 Å². The highest BCUT2D eigenvalue weighted by Crippen LogP contribution is 2.33. The molecule has 1 aliphatic rings. The molecule has 1 atom stereocenters. The molecule has 2 rings (SSSR count). The van der Waals surface area contributed by atoms with Gasteiger partial charge < -0.3 is 9.80 Å². The second-order valence-corrected chi connectivity index (χ2v) is 4.16. The number of likely N-dealkylation sites (N-methyl/N-ethyl adjacent to an activating group) is 1. The summed E-state index contributed by atoms with van der Waals surface area (Å²) in [6, 6.07) is 10.7. The van der Waals surface area contributed by atoms with Crippen molar-refractivity contribution in [3.8, 4) is 6.07 Å². The van der Waals surface area contributed by atoms with Crippen LogP contribution in [0.4, 0.5) is 11.4 Å². The Morgan fingerprint density at radius 2 is 2.00 bits per heavy atom. The van der Waals surface area contributed by atoms with E-state index in [-0.39, 0.29) is 6.04 Å². The zero-order chi connectivity index (χ0) is 11.5. The second kappa shape index (κ2) is 4.44. The number of rotatable bonds is 2. The van der Waals surface area contributed by atoms with Crippen LogP contribution >= 0.6 is 0 Å². The second-order valence-electron chi connectivity index (χ2n) is 4.16. The largest absolute Gasteiger partial charge is 0.371 e. The molecule has 3 nitrogen and oxygen atoms in total. The first-order valence-corrected chi connectivity index (χ1v) is 5.74. The van der Waals surface area contributed by atoms with Crippen molar-refractivity contribution >= 4 is 11.4 Å². The van der Waals surface area contributed by atoms with Gasteiger partial charge in [-0.2, -0.15) is 5.26 Å². The molecule has 0 fully saturated rings. The van der Waals surface area contributed by atoms with Gasteiger partial charge >= 0.3 is 0 Å². The molecule has 84 valence electrons. The average molecular weight is 215 g/mol. The van der Waals surface area contributed by atoms with Crippen LogP contribution in [0.1, 0.15) is 13.3 Å². The van der Waals surface area contributed by atoms with Gasteiger partial charge in [0.25, 0.3) is 0 Å². The van der Waals surface area contributed by atoms with E-state index in [1.807, 2.05) is 12.1 Å². The van der Waals surface area contributed by atoms with E-state index in [1.165, 1.54) is 11.4 Å². The van der Waals surface area contributed by atoms with Crippen LogP contribution in [0, 0.1) is 11.3 Å². The summed E-state index contributed by atoms with van der Waals surface area (Å²) in [6.45, 7) is 3.98. The van der Waals surface area contributed by atoms with Crippen LogP contribution in [0.15, 0.2) is 24.3 Å². The Kier molecular flexibility index (Phi) is 3.00. The monoisotopic (exact) mass is 215 g/mol. The number of hydrogen-bond acceptors (Lipinski definition) is 3. The maximum absolute atomic E-state index is 9.16. The average Bonchev–Trinajstić information content (AvgIpc) is 2.34. The van der Waals surface area contributed by atoms with Crippen LogP contribution < -0.4 is 9.80 Å². The molecule has 0 aliphatic carbocycles. The number of nitriles is 1. The molecular weight excluding hydrogens is 198 g/mol. The van der Waals surface area contributed by atoms with Crippen molar-refractivity contribution in [1.82, 2.24) is 0 Å². The molecule has 0 saturated carbocycles. The molecule has 0 aromatic heterocycles. The van der Waals surface area contributed by atoms with Crippen LogP contribution in [0.3, 0.4) is 0 Å². The smallest absolute Gasteiger partial charge is 0.116 e. The fourth-order valence-corrected chi connectivity index (χ4v) is 2.23. The fourth-order valence-electron chi connectivity index (χ4n) is 2.23. The lowest BCUT2D eigenvalue weighted by Crippen LogP contribution is -2.44. The first-order valence-electron chi connectivity index (χ1n) is 5.74. The number of benzene rings is 1. The topological polar surface area (TPSA) is 30.3 Å². The first-order chi connectivity index (χ1) is 7.77. The Labute approximate surface area is 96.9 Å². The highest BCUT2D eigenvalue weighted by atomic mass is 15.3. The molecule has 3 heteroatoms. The van der Waals surface area contributed by atoms with Crippen LogP contribution in [0.2, 0.25) is 0 Å². The van der Waals surface area contributed by atoms with Crippen molar-refractivity contribution in [3.05, 3.63) is 24.3 Å². The fraction of sp³-hybridized carbons (Fsp3) is 0.462. The lowest BCUT2D eigenvalue weighted by atomic mass is 10.1. The highest BCUT2D eigenvalue weighted by Gasteiger charge is 2.24. The highest BCUT2D eigenvalue weighted by molar-refractivity contribution is 5.73. The van der Waals surface area contributed by atoms with Crippen molar-refractivity contribution in [2.75, 3.05) is 29.9 Å². The molecule has 1 aromatic rings. The Morgan fingerprint density at radius 1 is 1.31 bits per heavy atom. The van der Waals surface area contributed by atoms with Gasteiger partial charge in [0.2, 0.25) is 0 Å². The van der Waals surface area contributed by atoms with Crippen LogP contribution in [-0.4, -0.2) is 26.2 Å². The molecular formula is C13H17N3. The minimum absolute atomic E-state index is 0.00477. The lowest BCUT2D eigenvalue weighted by molar-refractivity contribution is 0.649. The molecule has 0 radical (unpaired) electrons. The van der Waals surface area contributed by atoms with E-state index in [9.17, 15) is 0 Å². The molecule has 16 heavy (non-hydrogen) atoms. The third-order valence-corrected chi connectivity index (χ3v) is 3.19. The Bertz CT molecular complexity index is 408. The maximum atomic E-state index is 9.16. The summed E-state index contributed by atoms with van der Waals surface area (Å²) in [5, 5.41) is 9.16. The quantitative estimate of drug-likeness (QED) is 0.758. The third kappa shape index (κ3) is 1.71. The number of fused-ring (bicyclic) bond motifs is 1. The van der Waals surface area contributed by atoms with Gasteiger partial charge in [-0.1, -0.05) is 19.1 Å². The molecule has 0 spiro atoms. The minimum Gasteiger partial charge on any atom is -0.371 e. The predicted molar refractivity (Wildman–Crippen MR) is 66.8 cm³/mol. The first kappa shape index (κ1) is 10.8. The Morgan fingerprint density at radius 3 is 2.62 bits per heavy atom. The Hall–Kier alpha value is -1.69. The number of anilines is 2. The number of hydrogen-bond donors (Lipinski definition) is 0. The van der Waals surface area contributed by atoms with Gasteiger partial charge in [-0.15, -0.1) is 0 Å². The van der Waals surface area contributed by atoms with Gasteiger partial charge in [0.15, 0.2) is 0 Å². The summed E-state index contributed by atoms with van der Waals surface area (Å²) in [6.07, 6.45) is 0.870. The molecule has 1 aromatic carbocycles. The van der Waals surface area contributed by atoms with Crippen LogP contribution in [0.25, 0.3) is 0 Å².